The molecular weight excluding hydrogens is 204 g/mol. The molecule has 0 bridgehead atoms. The van der Waals surface area contributed by atoms with Crippen molar-refractivity contribution in [3.05, 3.63) is 83.1 Å². The highest BCUT2D eigenvalue weighted by atomic mass is 14.3. The first-order valence-electron chi connectivity index (χ1n) is 6.19. The van der Waals surface area contributed by atoms with E-state index in [1.54, 1.807) is 0 Å². The molecule has 3 aliphatic rings. The first-order chi connectivity index (χ1) is 8.35. The van der Waals surface area contributed by atoms with Gasteiger partial charge in [0.2, 0.25) is 0 Å². The maximum Gasteiger partial charge on any atom is 0.0348 e. The van der Waals surface area contributed by atoms with E-state index in [2.05, 4.69) is 56.0 Å². The van der Waals surface area contributed by atoms with E-state index in [0.717, 1.165) is 6.42 Å². The molecule has 0 spiro atoms. The van der Waals surface area contributed by atoms with E-state index in [9.17, 15) is 0 Å². The van der Waals surface area contributed by atoms with E-state index < -0.39 is 0 Å². The molecule has 17 heavy (non-hydrogen) atoms. The molecule has 0 fully saturated rings. The van der Waals surface area contributed by atoms with Gasteiger partial charge < -0.3 is 0 Å². The molecule has 0 saturated heterocycles. The quantitative estimate of drug-likeness (QED) is 0.646. The maximum absolute atomic E-state index is 3.94. The molecule has 0 aliphatic heterocycles. The SMILES string of the molecule is C=CC1=C2C(CC)=CC=C3C=CC=C(C=C1)C32. The number of hydrogen-bond donors (Lipinski definition) is 0. The second kappa shape index (κ2) is 3.89. The number of rotatable bonds is 2. The van der Waals surface area contributed by atoms with Crippen LogP contribution in [0.4, 0.5) is 0 Å². The van der Waals surface area contributed by atoms with Gasteiger partial charge in [-0.15, -0.1) is 0 Å². The summed E-state index contributed by atoms with van der Waals surface area (Å²) in [6, 6.07) is 0. The van der Waals surface area contributed by atoms with Gasteiger partial charge in [-0.25, -0.2) is 0 Å². The van der Waals surface area contributed by atoms with Crippen LogP contribution in [0.5, 0.6) is 0 Å². The molecule has 1 unspecified atom stereocenters. The van der Waals surface area contributed by atoms with Crippen molar-refractivity contribution in [1.82, 2.24) is 0 Å². The van der Waals surface area contributed by atoms with Crippen LogP contribution in [0.25, 0.3) is 0 Å². The average molecular weight is 220 g/mol. The Morgan fingerprint density at radius 2 is 1.94 bits per heavy atom. The summed E-state index contributed by atoms with van der Waals surface area (Å²) in [6.07, 6.45) is 18.6. The van der Waals surface area contributed by atoms with Gasteiger partial charge in [0.05, 0.1) is 0 Å². The Bertz CT molecular complexity index is 557. The summed E-state index contributed by atoms with van der Waals surface area (Å²) in [4.78, 5) is 0. The summed E-state index contributed by atoms with van der Waals surface area (Å²) >= 11 is 0. The van der Waals surface area contributed by atoms with E-state index in [-0.39, 0.29) is 0 Å². The fourth-order valence-corrected chi connectivity index (χ4v) is 2.88. The lowest BCUT2D eigenvalue weighted by Crippen LogP contribution is -2.19. The fraction of sp³-hybridized carbons (Fsp3) is 0.176. The molecule has 3 rings (SSSR count). The third-order valence-electron chi connectivity index (χ3n) is 3.72. The molecule has 0 N–H and O–H groups in total. The van der Waals surface area contributed by atoms with Crippen molar-refractivity contribution >= 4 is 0 Å². The van der Waals surface area contributed by atoms with E-state index in [1.165, 1.54) is 27.9 Å². The molecule has 1 atom stereocenters. The van der Waals surface area contributed by atoms with Crippen LogP contribution in [-0.2, 0) is 0 Å². The first-order valence-corrected chi connectivity index (χ1v) is 6.19. The highest BCUT2D eigenvalue weighted by molar-refractivity contribution is 5.64. The summed E-state index contributed by atoms with van der Waals surface area (Å²) in [6.45, 7) is 6.17. The Balaban J connectivity index is 2.26. The van der Waals surface area contributed by atoms with Gasteiger partial charge >= 0.3 is 0 Å². The monoisotopic (exact) mass is 220 g/mol. The molecule has 0 amide bonds. The van der Waals surface area contributed by atoms with E-state index in [0.29, 0.717) is 5.92 Å². The molecule has 0 aromatic carbocycles. The lowest BCUT2D eigenvalue weighted by Gasteiger charge is -2.33. The second-order valence-electron chi connectivity index (χ2n) is 4.58. The van der Waals surface area contributed by atoms with Crippen molar-refractivity contribution in [2.75, 3.05) is 0 Å². The van der Waals surface area contributed by atoms with Crippen LogP contribution in [0, 0.1) is 5.92 Å². The zero-order valence-corrected chi connectivity index (χ0v) is 10.1. The summed E-state index contributed by atoms with van der Waals surface area (Å²) in [5, 5.41) is 0. The highest BCUT2D eigenvalue weighted by Gasteiger charge is 2.29. The first kappa shape index (κ1) is 10.3. The largest absolute Gasteiger partial charge is 0.0985 e. The van der Waals surface area contributed by atoms with E-state index in [4.69, 9.17) is 0 Å². The third kappa shape index (κ3) is 1.44. The van der Waals surface area contributed by atoms with E-state index in [1.807, 2.05) is 6.08 Å². The number of hydrogen-bond acceptors (Lipinski definition) is 0. The van der Waals surface area contributed by atoms with Crippen molar-refractivity contribution in [2.45, 2.75) is 13.3 Å². The molecule has 0 nitrogen and oxygen atoms in total. The van der Waals surface area contributed by atoms with Crippen LogP contribution in [0.15, 0.2) is 83.1 Å². The zero-order valence-electron chi connectivity index (χ0n) is 10.1. The van der Waals surface area contributed by atoms with Gasteiger partial charge in [-0.05, 0) is 34.3 Å². The van der Waals surface area contributed by atoms with Crippen molar-refractivity contribution in [3.63, 3.8) is 0 Å². The highest BCUT2D eigenvalue weighted by Crippen LogP contribution is 2.44. The van der Waals surface area contributed by atoms with Gasteiger partial charge in [0.15, 0.2) is 0 Å². The van der Waals surface area contributed by atoms with Crippen LogP contribution in [-0.4, -0.2) is 0 Å². The summed E-state index contributed by atoms with van der Waals surface area (Å²) in [5.41, 5.74) is 6.98. The fourth-order valence-electron chi connectivity index (χ4n) is 2.88. The zero-order chi connectivity index (χ0) is 11.8. The van der Waals surface area contributed by atoms with Crippen LogP contribution >= 0.6 is 0 Å². The van der Waals surface area contributed by atoms with Crippen LogP contribution in [0.3, 0.4) is 0 Å². The molecular formula is C17H16. The predicted octanol–water partition coefficient (Wildman–Crippen LogP) is 4.43. The number of allylic oxidation sites excluding steroid dienone is 13. The minimum absolute atomic E-state index is 0.443. The Kier molecular flexibility index (Phi) is 2.36. The lowest BCUT2D eigenvalue weighted by molar-refractivity contribution is 0.830. The Morgan fingerprint density at radius 1 is 1.12 bits per heavy atom. The Morgan fingerprint density at radius 3 is 2.71 bits per heavy atom. The maximum atomic E-state index is 3.94. The molecule has 0 aromatic heterocycles. The van der Waals surface area contributed by atoms with Gasteiger partial charge in [0.25, 0.3) is 0 Å². The van der Waals surface area contributed by atoms with Gasteiger partial charge in [-0.3, -0.25) is 0 Å². The smallest absolute Gasteiger partial charge is 0.0348 e. The summed E-state index contributed by atoms with van der Waals surface area (Å²) in [7, 11) is 0. The van der Waals surface area contributed by atoms with Crippen molar-refractivity contribution < 1.29 is 0 Å². The van der Waals surface area contributed by atoms with E-state index >= 15 is 0 Å². The summed E-state index contributed by atoms with van der Waals surface area (Å²) < 4.78 is 0. The van der Waals surface area contributed by atoms with Crippen molar-refractivity contribution in [2.24, 2.45) is 5.92 Å². The molecule has 0 heterocycles. The average Bonchev–Trinajstić information content (AvgIpc) is 2.40. The molecule has 84 valence electrons. The Hall–Kier alpha value is -1.82. The van der Waals surface area contributed by atoms with Crippen LogP contribution in [0.2, 0.25) is 0 Å². The molecule has 0 saturated carbocycles. The standard InChI is InChI=1S/C17H16/c1-3-12-8-10-14-6-5-7-15-11-9-13(4-2)16(12)17(14)15/h3,5-11,17H,1,4H2,2H3. The summed E-state index contributed by atoms with van der Waals surface area (Å²) in [5.74, 6) is 0.443. The Labute approximate surface area is 103 Å². The molecule has 3 aliphatic carbocycles. The molecule has 0 heteroatoms. The molecule has 0 radical (unpaired) electrons. The van der Waals surface area contributed by atoms with Gasteiger partial charge in [-0.2, -0.15) is 0 Å². The van der Waals surface area contributed by atoms with Gasteiger partial charge in [0.1, 0.15) is 0 Å². The van der Waals surface area contributed by atoms with Gasteiger partial charge in [-0.1, -0.05) is 62.1 Å². The van der Waals surface area contributed by atoms with Gasteiger partial charge in [0, 0.05) is 5.92 Å². The normalized spacial score (nSPS) is 25.0. The van der Waals surface area contributed by atoms with Crippen LogP contribution < -0.4 is 0 Å². The topological polar surface area (TPSA) is 0 Å². The predicted molar refractivity (Wildman–Crippen MR) is 73.5 cm³/mol. The minimum atomic E-state index is 0.443. The van der Waals surface area contributed by atoms with Crippen molar-refractivity contribution in [1.29, 1.82) is 0 Å². The second-order valence-corrected chi connectivity index (χ2v) is 4.58. The van der Waals surface area contributed by atoms with Crippen LogP contribution in [0.1, 0.15) is 13.3 Å². The lowest BCUT2D eigenvalue weighted by atomic mass is 9.70. The van der Waals surface area contributed by atoms with Crippen molar-refractivity contribution in [3.8, 4) is 0 Å². The third-order valence-corrected chi connectivity index (χ3v) is 3.72. The molecule has 0 aromatic rings. The minimum Gasteiger partial charge on any atom is -0.0985 e.